The second-order valence-electron chi connectivity index (χ2n) is 7.67. The number of likely N-dealkylation sites (N-methyl/N-ethyl adjacent to an activating group) is 1. The van der Waals surface area contributed by atoms with Crippen LogP contribution in [0.25, 0.3) is 0 Å². The maximum atomic E-state index is 12.4. The van der Waals surface area contributed by atoms with E-state index in [1.165, 1.54) is 32.1 Å². The number of carbonyl (C=O) groups is 1. The van der Waals surface area contributed by atoms with Gasteiger partial charge in [0.1, 0.15) is 0 Å². The molecule has 0 radical (unpaired) electrons. The average molecular weight is 310 g/mol. The van der Waals surface area contributed by atoms with E-state index in [1.54, 1.807) is 7.05 Å². The molecular formula is C18H34N2O2. The van der Waals surface area contributed by atoms with Gasteiger partial charge in [-0.2, -0.15) is 0 Å². The third-order valence-electron chi connectivity index (χ3n) is 5.81. The van der Waals surface area contributed by atoms with Gasteiger partial charge in [-0.05, 0) is 43.9 Å². The molecule has 0 unspecified atom stereocenters. The fourth-order valence-electron chi connectivity index (χ4n) is 4.46. The summed E-state index contributed by atoms with van der Waals surface area (Å²) in [4.78, 5) is 12.4. The molecule has 1 amide bonds. The van der Waals surface area contributed by atoms with Crippen molar-refractivity contribution >= 4 is 5.91 Å². The van der Waals surface area contributed by atoms with Gasteiger partial charge in [-0.25, -0.2) is 0 Å². The molecule has 2 fully saturated rings. The highest BCUT2D eigenvalue weighted by Crippen LogP contribution is 2.34. The molecule has 2 aliphatic rings. The largest absolute Gasteiger partial charge is 0.393 e. The molecule has 0 aromatic carbocycles. The van der Waals surface area contributed by atoms with Crippen LogP contribution in [0.1, 0.15) is 77.0 Å². The van der Waals surface area contributed by atoms with Crippen LogP contribution in [-0.2, 0) is 4.79 Å². The van der Waals surface area contributed by atoms with Crippen molar-refractivity contribution in [1.82, 2.24) is 5.32 Å². The highest BCUT2D eigenvalue weighted by molar-refractivity contribution is 5.85. The first-order chi connectivity index (χ1) is 10.5. The summed E-state index contributed by atoms with van der Waals surface area (Å²) in [7, 11) is 1.68. The lowest BCUT2D eigenvalue weighted by molar-refractivity contribution is -0.127. The molecule has 0 spiro atoms. The van der Waals surface area contributed by atoms with Crippen LogP contribution in [0.3, 0.4) is 0 Å². The first-order valence-corrected chi connectivity index (χ1v) is 9.22. The molecular weight excluding hydrogens is 276 g/mol. The van der Waals surface area contributed by atoms with Crippen molar-refractivity contribution in [2.75, 3.05) is 7.05 Å². The molecule has 128 valence electrons. The number of aliphatic hydroxyl groups is 1. The van der Waals surface area contributed by atoms with Crippen molar-refractivity contribution in [2.24, 2.45) is 17.6 Å². The Balaban J connectivity index is 1.91. The van der Waals surface area contributed by atoms with E-state index in [0.29, 0.717) is 5.92 Å². The van der Waals surface area contributed by atoms with E-state index in [2.05, 4.69) is 5.32 Å². The van der Waals surface area contributed by atoms with Crippen molar-refractivity contribution in [2.45, 2.75) is 88.7 Å². The van der Waals surface area contributed by atoms with Gasteiger partial charge in [0, 0.05) is 7.05 Å². The van der Waals surface area contributed by atoms with E-state index in [9.17, 15) is 9.90 Å². The molecule has 4 heteroatoms. The number of nitrogens with one attached hydrogen (secondary N) is 1. The summed E-state index contributed by atoms with van der Waals surface area (Å²) in [6.07, 6.45) is 12.8. The van der Waals surface area contributed by atoms with Crippen LogP contribution in [0.5, 0.6) is 0 Å². The van der Waals surface area contributed by atoms with E-state index in [0.717, 1.165) is 50.9 Å². The van der Waals surface area contributed by atoms with Gasteiger partial charge in [-0.1, -0.05) is 44.9 Å². The predicted molar refractivity (Wildman–Crippen MR) is 89.4 cm³/mol. The number of rotatable bonds is 6. The number of hydrogen-bond acceptors (Lipinski definition) is 3. The monoisotopic (exact) mass is 310 g/mol. The Kier molecular flexibility index (Phi) is 6.69. The zero-order valence-electron chi connectivity index (χ0n) is 14.2. The SMILES string of the molecule is CNC(=O)[C@@](N)(CCC1CCCCC1)C[C@H]1CCC[C@H](O)C1. The first-order valence-electron chi connectivity index (χ1n) is 9.22. The Hall–Kier alpha value is -0.610. The number of hydrogen-bond donors (Lipinski definition) is 3. The van der Waals surface area contributed by atoms with Crippen molar-refractivity contribution < 1.29 is 9.90 Å². The molecule has 0 heterocycles. The topological polar surface area (TPSA) is 75.4 Å². The third-order valence-corrected chi connectivity index (χ3v) is 5.81. The van der Waals surface area contributed by atoms with E-state index in [4.69, 9.17) is 5.73 Å². The second-order valence-corrected chi connectivity index (χ2v) is 7.67. The van der Waals surface area contributed by atoms with E-state index in [1.807, 2.05) is 0 Å². The van der Waals surface area contributed by atoms with Crippen molar-refractivity contribution in [3.63, 3.8) is 0 Å². The minimum Gasteiger partial charge on any atom is -0.393 e. The minimum absolute atomic E-state index is 0.0247. The molecule has 22 heavy (non-hydrogen) atoms. The fourth-order valence-corrected chi connectivity index (χ4v) is 4.46. The van der Waals surface area contributed by atoms with Crippen molar-refractivity contribution in [3.8, 4) is 0 Å². The van der Waals surface area contributed by atoms with Crippen molar-refractivity contribution in [1.29, 1.82) is 0 Å². The van der Waals surface area contributed by atoms with Crippen LogP contribution >= 0.6 is 0 Å². The summed E-state index contributed by atoms with van der Waals surface area (Å²) >= 11 is 0. The summed E-state index contributed by atoms with van der Waals surface area (Å²) in [6.45, 7) is 0. The Morgan fingerprint density at radius 1 is 1.14 bits per heavy atom. The molecule has 0 aromatic heterocycles. The zero-order valence-corrected chi connectivity index (χ0v) is 14.2. The molecule has 4 N–H and O–H groups in total. The standard InChI is InChI=1S/C18H34N2O2/c1-20-17(22)18(19,11-10-14-6-3-2-4-7-14)13-15-8-5-9-16(21)12-15/h14-16,21H,2-13,19H2,1H3,(H,20,22)/t15-,16-,18+/m0/s1. The van der Waals surface area contributed by atoms with E-state index >= 15 is 0 Å². The van der Waals surface area contributed by atoms with Gasteiger partial charge >= 0.3 is 0 Å². The second kappa shape index (κ2) is 8.30. The maximum Gasteiger partial charge on any atom is 0.239 e. The van der Waals surface area contributed by atoms with Gasteiger partial charge in [0.25, 0.3) is 0 Å². The first kappa shape index (κ1) is 17.7. The van der Waals surface area contributed by atoms with E-state index < -0.39 is 5.54 Å². The molecule has 0 saturated heterocycles. The number of amides is 1. The lowest BCUT2D eigenvalue weighted by Gasteiger charge is -2.36. The number of nitrogens with two attached hydrogens (primary N) is 1. The highest BCUT2D eigenvalue weighted by atomic mass is 16.3. The van der Waals surface area contributed by atoms with Crippen LogP contribution in [0.2, 0.25) is 0 Å². The average Bonchev–Trinajstić information content (AvgIpc) is 2.53. The van der Waals surface area contributed by atoms with Crippen LogP contribution < -0.4 is 11.1 Å². The summed E-state index contributed by atoms with van der Waals surface area (Å²) in [5.74, 6) is 1.11. The number of aliphatic hydroxyl groups excluding tert-OH is 1. The Morgan fingerprint density at radius 2 is 1.82 bits per heavy atom. The smallest absolute Gasteiger partial charge is 0.239 e. The van der Waals surface area contributed by atoms with E-state index in [-0.39, 0.29) is 12.0 Å². The third kappa shape index (κ3) is 4.95. The Bertz CT molecular complexity index is 355. The van der Waals surface area contributed by atoms with Gasteiger partial charge in [0.2, 0.25) is 5.91 Å². The number of carbonyl (C=O) groups excluding carboxylic acids is 1. The van der Waals surface area contributed by atoms with Crippen LogP contribution in [0, 0.1) is 11.8 Å². The molecule has 2 rings (SSSR count). The summed E-state index contributed by atoms with van der Waals surface area (Å²) in [5.41, 5.74) is 5.80. The summed E-state index contributed by atoms with van der Waals surface area (Å²) in [6, 6.07) is 0. The molecule has 0 aliphatic heterocycles. The molecule has 4 nitrogen and oxygen atoms in total. The summed E-state index contributed by atoms with van der Waals surface area (Å²) in [5, 5.41) is 12.6. The van der Waals surface area contributed by atoms with Gasteiger partial charge in [-0.15, -0.1) is 0 Å². The highest BCUT2D eigenvalue weighted by Gasteiger charge is 2.37. The molecule has 2 saturated carbocycles. The summed E-state index contributed by atoms with van der Waals surface area (Å²) < 4.78 is 0. The predicted octanol–water partition coefficient (Wildman–Crippen LogP) is 2.73. The maximum absolute atomic E-state index is 12.4. The minimum atomic E-state index is -0.756. The van der Waals surface area contributed by atoms with Gasteiger partial charge in [0.05, 0.1) is 11.6 Å². The van der Waals surface area contributed by atoms with Gasteiger partial charge < -0.3 is 16.2 Å². The van der Waals surface area contributed by atoms with Gasteiger partial charge in [-0.3, -0.25) is 4.79 Å². The van der Waals surface area contributed by atoms with Gasteiger partial charge in [0.15, 0.2) is 0 Å². The Labute approximate surface area is 135 Å². The van der Waals surface area contributed by atoms with Crippen molar-refractivity contribution in [3.05, 3.63) is 0 Å². The van der Waals surface area contributed by atoms with Crippen LogP contribution in [-0.4, -0.2) is 29.7 Å². The molecule has 0 bridgehead atoms. The quantitative estimate of drug-likeness (QED) is 0.706. The Morgan fingerprint density at radius 3 is 2.45 bits per heavy atom. The lowest BCUT2D eigenvalue weighted by Crippen LogP contribution is -2.54. The molecule has 0 aromatic rings. The lowest BCUT2D eigenvalue weighted by atomic mass is 9.74. The zero-order chi connectivity index (χ0) is 16.0. The fraction of sp³-hybridized carbons (Fsp3) is 0.944. The molecule has 2 aliphatic carbocycles. The molecule has 3 atom stereocenters. The van der Waals surface area contributed by atoms with Crippen LogP contribution in [0.15, 0.2) is 0 Å². The normalized spacial score (nSPS) is 29.8. The van der Waals surface area contributed by atoms with Crippen LogP contribution in [0.4, 0.5) is 0 Å².